The van der Waals surface area contributed by atoms with Gasteiger partial charge in [-0.3, -0.25) is 39.2 Å². The third-order valence-electron chi connectivity index (χ3n) is 12.1. The highest BCUT2D eigenvalue weighted by molar-refractivity contribution is 6.05. The number of rotatable bonds is 15. The summed E-state index contributed by atoms with van der Waals surface area (Å²) < 4.78 is 24.1. The number of anilines is 2. The number of aryl methyl sites for hydroxylation is 4. The van der Waals surface area contributed by atoms with Gasteiger partial charge in [-0.1, -0.05) is 24.0 Å². The quantitative estimate of drug-likeness (QED) is 0.0842. The Balaban J connectivity index is 1.10. The predicted molar refractivity (Wildman–Crippen MR) is 259 cm³/mol. The molecule has 0 bridgehead atoms. The standard InChI is InChI=1S/C48H56N14O8/c1-6-61-36(23-29(3)55-61)44(65)53-46-51-34-25-32(42(49)63)27-38(68-5)40(34)59(46)14-8-9-15-60-41-35(52-47(60)54-45(66)37-24-30(4)56-62(37)7-2)26-33(43(50)64)28-39(41)70-20-10-11-31-12-16-57(17-13-31)48(67)58-18-21-69-22-19-58/h8-9,23-28,31H,6-7,12-22H2,1-5H3,(H2,49,63)(H2,50,64)(H,51,53,65)(H,52,54,66)/b9-8+. The average Bonchev–Trinajstić information content (AvgIpc) is 4.13. The van der Waals surface area contributed by atoms with E-state index in [0.717, 1.165) is 12.8 Å². The summed E-state index contributed by atoms with van der Waals surface area (Å²) in [7, 11) is 1.46. The van der Waals surface area contributed by atoms with Gasteiger partial charge in [-0.15, -0.1) is 0 Å². The largest absolute Gasteiger partial charge is 0.494 e. The maximum Gasteiger partial charge on any atom is 0.320 e. The highest BCUT2D eigenvalue weighted by atomic mass is 16.5. The zero-order valence-corrected chi connectivity index (χ0v) is 39.8. The number of hydrogen-bond donors (Lipinski definition) is 4. The summed E-state index contributed by atoms with van der Waals surface area (Å²) in [6, 6.07) is 9.48. The number of morpholine rings is 1. The number of likely N-dealkylation sites (tertiary alicyclic amines) is 1. The fraction of sp³-hybridized carbons (Fsp3) is 0.396. The first-order chi connectivity index (χ1) is 33.8. The van der Waals surface area contributed by atoms with Gasteiger partial charge in [-0.05, 0) is 76.9 Å². The summed E-state index contributed by atoms with van der Waals surface area (Å²) in [4.78, 5) is 78.8. The number of nitrogens with one attached hydrogen (secondary N) is 2. The third kappa shape index (κ3) is 10.3. The van der Waals surface area contributed by atoms with Crippen LogP contribution in [0.25, 0.3) is 22.1 Å². The summed E-state index contributed by atoms with van der Waals surface area (Å²) in [6.07, 6.45) is 5.10. The third-order valence-corrected chi connectivity index (χ3v) is 12.1. The molecule has 2 fully saturated rings. The molecule has 6 aromatic rings. The smallest absolute Gasteiger partial charge is 0.320 e. The highest BCUT2D eigenvalue weighted by Gasteiger charge is 2.28. The van der Waals surface area contributed by atoms with Crippen molar-refractivity contribution in [2.45, 2.75) is 66.7 Å². The Morgan fingerprint density at radius 3 is 1.70 bits per heavy atom. The van der Waals surface area contributed by atoms with Gasteiger partial charge in [-0.2, -0.15) is 10.2 Å². The van der Waals surface area contributed by atoms with Crippen LogP contribution in [0.5, 0.6) is 11.5 Å². The van der Waals surface area contributed by atoms with Gasteiger partial charge < -0.3 is 44.6 Å². The van der Waals surface area contributed by atoms with Gasteiger partial charge in [0.2, 0.25) is 23.7 Å². The number of methoxy groups -OCH3 is 1. The maximum absolute atomic E-state index is 13.9. The number of carbonyl (C=O) groups excluding carboxylic acids is 5. The summed E-state index contributed by atoms with van der Waals surface area (Å²) in [5.74, 6) is 5.06. The number of nitrogens with two attached hydrogens (primary N) is 2. The molecule has 22 heteroatoms. The van der Waals surface area contributed by atoms with E-state index in [-0.39, 0.29) is 60.4 Å². The first kappa shape index (κ1) is 48.3. The number of primary amides is 2. The van der Waals surface area contributed by atoms with Crippen LogP contribution in [-0.2, 0) is 30.9 Å². The molecule has 70 heavy (non-hydrogen) atoms. The molecule has 0 unspecified atom stereocenters. The van der Waals surface area contributed by atoms with Crippen LogP contribution in [0.3, 0.4) is 0 Å². The second-order valence-corrected chi connectivity index (χ2v) is 16.8. The van der Waals surface area contributed by atoms with E-state index in [9.17, 15) is 24.0 Å². The van der Waals surface area contributed by atoms with Crippen LogP contribution in [0, 0.1) is 31.6 Å². The van der Waals surface area contributed by atoms with E-state index in [1.165, 1.54) is 31.4 Å². The number of hydrogen-bond acceptors (Lipinski definition) is 12. The molecular weight excluding hydrogens is 901 g/mol. The molecule has 2 aromatic carbocycles. The summed E-state index contributed by atoms with van der Waals surface area (Å²) >= 11 is 0. The molecule has 0 radical (unpaired) electrons. The molecule has 2 saturated heterocycles. The first-order valence-corrected chi connectivity index (χ1v) is 23.1. The average molecular weight is 957 g/mol. The lowest BCUT2D eigenvalue weighted by Crippen LogP contribution is -2.50. The van der Waals surface area contributed by atoms with Crippen molar-refractivity contribution in [3.63, 3.8) is 0 Å². The molecule has 6 N–H and O–H groups in total. The van der Waals surface area contributed by atoms with E-state index < -0.39 is 23.6 Å². The second-order valence-electron chi connectivity index (χ2n) is 16.8. The van der Waals surface area contributed by atoms with Crippen molar-refractivity contribution in [3.8, 4) is 23.3 Å². The van der Waals surface area contributed by atoms with Crippen LogP contribution in [0.15, 0.2) is 48.6 Å². The molecule has 0 spiro atoms. The SMILES string of the molecule is CCn1nc(C)cc1C(=O)Nc1nc2cc(C(N)=O)cc(OC)c2n1C/C=C/Cn1c(NC(=O)c2cc(C)nn2CC)nc2cc(C(N)=O)cc(OCC#CC3CCN(C(=O)N4CCOCC4)CC3)c21. The molecule has 0 atom stereocenters. The van der Waals surface area contributed by atoms with Gasteiger partial charge in [0.05, 0.1) is 42.7 Å². The lowest BCUT2D eigenvalue weighted by molar-refractivity contribution is 0.0409. The first-order valence-electron chi connectivity index (χ1n) is 23.1. The Hall–Kier alpha value is -8.19. The lowest BCUT2D eigenvalue weighted by atomic mass is 9.98. The van der Waals surface area contributed by atoms with Crippen molar-refractivity contribution in [3.05, 3.63) is 82.5 Å². The van der Waals surface area contributed by atoms with Gasteiger partial charge >= 0.3 is 6.03 Å². The molecule has 2 aliphatic heterocycles. The Morgan fingerprint density at radius 1 is 0.729 bits per heavy atom. The minimum atomic E-state index is -0.707. The normalized spacial score (nSPS) is 14.2. The molecule has 8 rings (SSSR count). The summed E-state index contributed by atoms with van der Waals surface area (Å²) in [6.45, 7) is 11.9. The second kappa shape index (κ2) is 21.0. The molecule has 22 nitrogen and oxygen atoms in total. The van der Waals surface area contributed by atoms with E-state index in [1.54, 1.807) is 44.5 Å². The zero-order chi connectivity index (χ0) is 49.6. The van der Waals surface area contributed by atoms with Crippen LogP contribution in [0.2, 0.25) is 0 Å². The number of fused-ring (bicyclic) bond motifs is 2. The number of carbonyl (C=O) groups is 5. The van der Waals surface area contributed by atoms with Gasteiger partial charge in [0.25, 0.3) is 11.8 Å². The molecule has 4 aromatic heterocycles. The van der Waals surface area contributed by atoms with Crippen LogP contribution in [-0.4, -0.2) is 131 Å². The minimum absolute atomic E-state index is 0.0283. The van der Waals surface area contributed by atoms with Crippen LogP contribution in [0.4, 0.5) is 16.7 Å². The van der Waals surface area contributed by atoms with Crippen LogP contribution < -0.4 is 31.6 Å². The van der Waals surface area contributed by atoms with E-state index in [0.29, 0.717) is 103 Å². The fourth-order valence-corrected chi connectivity index (χ4v) is 8.66. The Kier molecular flexibility index (Phi) is 14.5. The maximum atomic E-state index is 13.9. The molecule has 0 aliphatic carbocycles. The lowest BCUT2D eigenvalue weighted by Gasteiger charge is -2.36. The number of allylic oxidation sites excluding steroid dienone is 2. The number of benzene rings is 2. The zero-order valence-electron chi connectivity index (χ0n) is 39.8. The Labute approximate surface area is 402 Å². The number of nitrogens with zero attached hydrogens (tertiary/aromatic N) is 10. The van der Waals surface area contributed by atoms with E-state index in [4.69, 9.17) is 35.6 Å². The van der Waals surface area contributed by atoms with Gasteiger partial charge in [-0.25, -0.2) is 14.8 Å². The van der Waals surface area contributed by atoms with Crippen LogP contribution in [0.1, 0.15) is 79.8 Å². The number of piperidine rings is 1. The molecule has 2 aliphatic rings. The number of aromatic nitrogens is 8. The Bertz CT molecular complexity index is 3080. The molecular formula is C48H56N14O8. The topological polar surface area (TPSA) is 267 Å². The van der Waals surface area contributed by atoms with Gasteiger partial charge in [0.15, 0.2) is 0 Å². The predicted octanol–water partition coefficient (Wildman–Crippen LogP) is 3.95. The van der Waals surface area contributed by atoms with Crippen molar-refractivity contribution in [2.75, 3.05) is 63.7 Å². The van der Waals surface area contributed by atoms with Crippen molar-refractivity contribution >= 4 is 63.6 Å². The molecule has 6 heterocycles. The van der Waals surface area contributed by atoms with Crippen molar-refractivity contribution in [1.82, 2.24) is 48.5 Å². The Morgan fingerprint density at radius 2 is 1.21 bits per heavy atom. The van der Waals surface area contributed by atoms with Crippen molar-refractivity contribution in [2.24, 2.45) is 17.4 Å². The fourth-order valence-electron chi connectivity index (χ4n) is 8.66. The van der Waals surface area contributed by atoms with Crippen LogP contribution >= 0.6 is 0 Å². The van der Waals surface area contributed by atoms with Crippen molar-refractivity contribution < 1.29 is 38.2 Å². The highest BCUT2D eigenvalue weighted by Crippen LogP contribution is 2.33. The minimum Gasteiger partial charge on any atom is -0.494 e. The molecule has 0 saturated carbocycles. The van der Waals surface area contributed by atoms with E-state index in [1.807, 2.05) is 35.8 Å². The van der Waals surface area contributed by atoms with E-state index in [2.05, 4.69) is 32.7 Å². The number of urea groups is 1. The number of amides is 6. The van der Waals surface area contributed by atoms with Crippen molar-refractivity contribution in [1.29, 1.82) is 0 Å². The number of imidazole rings is 2. The summed E-state index contributed by atoms with van der Waals surface area (Å²) in [5, 5.41) is 14.7. The number of ether oxygens (including phenoxy) is 3. The van der Waals surface area contributed by atoms with Gasteiger partial charge in [0.1, 0.15) is 40.5 Å². The van der Waals surface area contributed by atoms with Gasteiger partial charge in [0, 0.05) is 69.4 Å². The molecule has 366 valence electrons. The monoisotopic (exact) mass is 956 g/mol. The molecule has 6 amide bonds. The van der Waals surface area contributed by atoms with E-state index >= 15 is 0 Å². The summed E-state index contributed by atoms with van der Waals surface area (Å²) in [5.41, 5.74) is 15.4.